The molecule has 1 fully saturated rings. The van der Waals surface area contributed by atoms with Gasteiger partial charge in [0.2, 0.25) is 5.88 Å². The van der Waals surface area contributed by atoms with Gasteiger partial charge in [-0.1, -0.05) is 6.07 Å². The Hall–Kier alpha value is -4.16. The highest BCUT2D eigenvalue weighted by Gasteiger charge is 2.25. The summed E-state index contributed by atoms with van der Waals surface area (Å²) in [5.74, 6) is 2.05. The smallest absolute Gasteiger partial charge is 0.213 e. The van der Waals surface area contributed by atoms with Crippen molar-refractivity contribution in [3.05, 3.63) is 66.2 Å². The number of ether oxygens (including phenoxy) is 2. The van der Waals surface area contributed by atoms with Gasteiger partial charge in [0.25, 0.3) is 0 Å². The second kappa shape index (κ2) is 9.47. The minimum atomic E-state index is -0.979. The monoisotopic (exact) mass is 484 g/mol. The number of anilines is 1. The van der Waals surface area contributed by atoms with E-state index in [1.54, 1.807) is 30.8 Å². The number of rotatable bonds is 7. The molecule has 1 saturated heterocycles. The molecule has 0 aromatic carbocycles. The fourth-order valence-corrected chi connectivity index (χ4v) is 4.26. The van der Waals surface area contributed by atoms with E-state index in [1.807, 2.05) is 43.3 Å². The van der Waals surface area contributed by atoms with Gasteiger partial charge in [0, 0.05) is 42.0 Å². The molecule has 4 aromatic rings. The number of hydrogen-bond acceptors (Lipinski definition) is 8. The molecular weight excluding hydrogens is 456 g/mol. The fraction of sp³-hybridized carbons (Fsp3) is 0.333. The number of fused-ring (bicyclic) bond motifs is 1. The average molecular weight is 485 g/mol. The van der Waals surface area contributed by atoms with Gasteiger partial charge >= 0.3 is 0 Å². The van der Waals surface area contributed by atoms with Gasteiger partial charge in [0.1, 0.15) is 30.3 Å². The number of pyridine rings is 3. The maximum atomic E-state index is 10.1. The quantitative estimate of drug-likeness (QED) is 0.422. The third-order valence-corrected chi connectivity index (χ3v) is 5.98. The Labute approximate surface area is 209 Å². The van der Waals surface area contributed by atoms with Crippen molar-refractivity contribution in [2.75, 3.05) is 24.6 Å². The topological polar surface area (TPSA) is 109 Å². The van der Waals surface area contributed by atoms with Crippen LogP contribution in [0.1, 0.15) is 31.5 Å². The van der Waals surface area contributed by atoms with Crippen molar-refractivity contribution in [3.63, 3.8) is 0 Å². The zero-order valence-electron chi connectivity index (χ0n) is 20.5. The van der Waals surface area contributed by atoms with Crippen molar-refractivity contribution in [3.8, 4) is 28.8 Å². The summed E-state index contributed by atoms with van der Waals surface area (Å²) in [6.07, 6.45) is 5.99. The summed E-state index contributed by atoms with van der Waals surface area (Å²) < 4.78 is 13.5. The van der Waals surface area contributed by atoms with Crippen molar-refractivity contribution < 1.29 is 14.6 Å². The lowest BCUT2D eigenvalue weighted by Crippen LogP contribution is -2.27. The van der Waals surface area contributed by atoms with Crippen LogP contribution in [0.3, 0.4) is 0 Å². The molecule has 5 rings (SSSR count). The minimum Gasteiger partial charge on any atom is -0.489 e. The maximum absolute atomic E-state index is 10.1. The molecule has 0 bridgehead atoms. The van der Waals surface area contributed by atoms with Gasteiger partial charge in [0.05, 0.1) is 35.6 Å². The van der Waals surface area contributed by atoms with Crippen LogP contribution in [0.25, 0.3) is 16.6 Å². The Morgan fingerprint density at radius 1 is 1.22 bits per heavy atom. The molecule has 0 amide bonds. The van der Waals surface area contributed by atoms with Crippen LogP contribution in [0.4, 0.5) is 5.82 Å². The van der Waals surface area contributed by atoms with Crippen LogP contribution in [0.5, 0.6) is 11.6 Å². The molecule has 9 nitrogen and oxygen atoms in total. The fourth-order valence-electron chi connectivity index (χ4n) is 4.26. The van der Waals surface area contributed by atoms with E-state index in [9.17, 15) is 10.4 Å². The first-order chi connectivity index (χ1) is 17.3. The van der Waals surface area contributed by atoms with Crippen molar-refractivity contribution >= 4 is 11.3 Å². The van der Waals surface area contributed by atoms with Gasteiger partial charge < -0.3 is 19.5 Å². The summed E-state index contributed by atoms with van der Waals surface area (Å²) in [6.45, 7) is 7.01. The van der Waals surface area contributed by atoms with Crippen LogP contribution in [-0.4, -0.2) is 56.1 Å². The van der Waals surface area contributed by atoms with Crippen LogP contribution in [0, 0.1) is 18.3 Å². The van der Waals surface area contributed by atoms with Crippen LogP contribution < -0.4 is 14.4 Å². The van der Waals surface area contributed by atoms with Crippen molar-refractivity contribution in [1.29, 1.82) is 5.26 Å². The molecule has 4 aromatic heterocycles. The summed E-state index contributed by atoms with van der Waals surface area (Å²) >= 11 is 0. The first-order valence-electron chi connectivity index (χ1n) is 11.9. The number of nitrogens with zero attached hydrogens (tertiary/aromatic N) is 6. The molecular formula is C27H28N6O3. The molecule has 0 spiro atoms. The van der Waals surface area contributed by atoms with E-state index in [0.29, 0.717) is 22.7 Å². The number of nitriles is 1. The van der Waals surface area contributed by atoms with Crippen LogP contribution in [-0.2, 0) is 0 Å². The highest BCUT2D eigenvalue weighted by Crippen LogP contribution is 2.32. The van der Waals surface area contributed by atoms with Crippen molar-refractivity contribution in [1.82, 2.24) is 19.6 Å². The highest BCUT2D eigenvalue weighted by molar-refractivity contribution is 5.85. The van der Waals surface area contributed by atoms with E-state index in [1.165, 1.54) is 6.20 Å². The highest BCUT2D eigenvalue weighted by atomic mass is 16.5. The Morgan fingerprint density at radius 3 is 2.81 bits per heavy atom. The van der Waals surface area contributed by atoms with E-state index in [0.717, 1.165) is 42.1 Å². The molecule has 5 heterocycles. The van der Waals surface area contributed by atoms with Gasteiger partial charge in [-0.3, -0.25) is 0 Å². The summed E-state index contributed by atoms with van der Waals surface area (Å²) in [5, 5.41) is 24.0. The Balaban J connectivity index is 1.37. The lowest BCUT2D eigenvalue weighted by atomic mass is 10.1. The molecule has 1 aliphatic heterocycles. The van der Waals surface area contributed by atoms with Crippen LogP contribution in [0.2, 0.25) is 0 Å². The average Bonchev–Trinajstić information content (AvgIpc) is 3.49. The Kier molecular flexibility index (Phi) is 6.20. The summed E-state index contributed by atoms with van der Waals surface area (Å²) in [5.41, 5.74) is 2.72. The maximum Gasteiger partial charge on any atom is 0.213 e. The molecule has 36 heavy (non-hydrogen) atoms. The van der Waals surface area contributed by atoms with E-state index in [-0.39, 0.29) is 12.7 Å². The molecule has 9 heteroatoms. The van der Waals surface area contributed by atoms with Crippen LogP contribution >= 0.6 is 0 Å². The summed E-state index contributed by atoms with van der Waals surface area (Å²) in [7, 11) is 0. The van der Waals surface area contributed by atoms with Crippen LogP contribution in [0.15, 0.2) is 55.0 Å². The zero-order valence-corrected chi connectivity index (χ0v) is 20.5. The van der Waals surface area contributed by atoms with Gasteiger partial charge in [-0.05, 0) is 45.0 Å². The zero-order chi connectivity index (χ0) is 25.3. The second-order valence-electron chi connectivity index (χ2n) is 9.65. The van der Waals surface area contributed by atoms with Gasteiger partial charge in [-0.15, -0.1) is 0 Å². The van der Waals surface area contributed by atoms with Gasteiger partial charge in [-0.25, -0.2) is 14.5 Å². The van der Waals surface area contributed by atoms with E-state index in [2.05, 4.69) is 21.1 Å². The normalized spacial score (nSPS) is 15.8. The SMILES string of the molecule is Cc1cccc(OC2CCN(c3ccc(-c4cc(OCC(C)(C)O)cn5ncc(C#N)c45)cn3)C2)n1. The third kappa shape index (κ3) is 5.09. The number of aromatic nitrogens is 4. The molecule has 1 atom stereocenters. The van der Waals surface area contributed by atoms with E-state index in [4.69, 9.17) is 14.5 Å². The molecule has 1 N–H and O–H groups in total. The Bertz CT molecular complexity index is 1420. The standard InChI is InChI=1S/C27H28N6O3/c1-18-5-4-6-25(31-18)36-21-9-10-32(15-21)24-8-7-19(13-29-24)23-11-22(35-17-27(2,3)34)16-33-26(23)20(12-28)14-30-33/h4-8,11,13-14,16,21,34H,9-10,15,17H2,1-3H3. The molecule has 1 aliphatic rings. The minimum absolute atomic E-state index is 0.0509. The molecule has 184 valence electrons. The molecule has 0 aliphatic carbocycles. The lowest BCUT2D eigenvalue weighted by Gasteiger charge is -2.19. The largest absolute Gasteiger partial charge is 0.489 e. The lowest BCUT2D eigenvalue weighted by molar-refractivity contribution is 0.0283. The number of aryl methyl sites for hydroxylation is 1. The van der Waals surface area contributed by atoms with E-state index < -0.39 is 5.60 Å². The third-order valence-electron chi connectivity index (χ3n) is 5.98. The first kappa shape index (κ1) is 23.6. The molecule has 0 saturated carbocycles. The summed E-state index contributed by atoms with van der Waals surface area (Å²) in [6, 6.07) is 13.8. The predicted molar refractivity (Wildman–Crippen MR) is 135 cm³/mol. The first-order valence-corrected chi connectivity index (χ1v) is 11.9. The number of aliphatic hydroxyl groups is 1. The van der Waals surface area contributed by atoms with Gasteiger partial charge in [0.15, 0.2) is 0 Å². The predicted octanol–water partition coefficient (Wildman–Crippen LogP) is 3.78. The Morgan fingerprint density at radius 2 is 2.08 bits per heavy atom. The van der Waals surface area contributed by atoms with Gasteiger partial charge in [-0.2, -0.15) is 10.4 Å². The van der Waals surface area contributed by atoms with E-state index >= 15 is 0 Å². The molecule has 1 unspecified atom stereocenters. The number of hydrogen-bond donors (Lipinski definition) is 1. The molecule has 0 radical (unpaired) electrons. The van der Waals surface area contributed by atoms with Crippen molar-refractivity contribution in [2.45, 2.75) is 38.9 Å². The van der Waals surface area contributed by atoms with Crippen molar-refractivity contribution in [2.24, 2.45) is 0 Å². The second-order valence-corrected chi connectivity index (χ2v) is 9.65. The summed E-state index contributed by atoms with van der Waals surface area (Å²) in [4.78, 5) is 11.3.